The highest BCUT2D eigenvalue weighted by Crippen LogP contribution is 2.24. The van der Waals surface area contributed by atoms with E-state index in [1.165, 1.54) is 20.1 Å². The van der Waals surface area contributed by atoms with Crippen molar-refractivity contribution in [1.29, 1.82) is 0 Å². The zero-order valence-electron chi connectivity index (χ0n) is 13.0. The number of rotatable bonds is 5. The lowest BCUT2D eigenvalue weighted by atomic mass is 10.2. The Hall–Kier alpha value is -2.05. The normalized spacial score (nSPS) is 11.5. The first-order chi connectivity index (χ1) is 11.4. The van der Waals surface area contributed by atoms with Gasteiger partial charge in [-0.1, -0.05) is 33.6 Å². The van der Waals surface area contributed by atoms with Gasteiger partial charge in [0.25, 0.3) is 5.91 Å². The van der Waals surface area contributed by atoms with Crippen molar-refractivity contribution in [3.05, 3.63) is 57.5 Å². The lowest BCUT2D eigenvalue weighted by Crippen LogP contribution is -2.30. The number of anilines is 1. The number of hydrogen-bond acceptors (Lipinski definition) is 4. The summed E-state index contributed by atoms with van der Waals surface area (Å²) in [5.74, 6) is -0.808. The summed E-state index contributed by atoms with van der Waals surface area (Å²) in [4.78, 5) is 24.4. The second-order valence-electron chi connectivity index (χ2n) is 4.89. The Morgan fingerprint density at radius 3 is 2.62 bits per heavy atom. The van der Waals surface area contributed by atoms with Crippen LogP contribution in [-0.2, 0) is 9.53 Å². The number of halogens is 2. The molecule has 2 aromatic rings. The molecule has 0 saturated heterocycles. The average Bonchev–Trinajstić information content (AvgIpc) is 2.54. The number of nitrogens with one attached hydrogen (secondary N) is 1. The molecule has 24 heavy (non-hydrogen) atoms. The molecule has 0 unspecified atom stereocenters. The smallest absolute Gasteiger partial charge is 0.342 e. The fourth-order valence-corrected chi connectivity index (χ4v) is 2.50. The van der Waals surface area contributed by atoms with E-state index < -0.39 is 18.0 Å². The second kappa shape index (κ2) is 8.17. The van der Waals surface area contributed by atoms with Crippen LogP contribution >= 0.6 is 27.5 Å². The summed E-state index contributed by atoms with van der Waals surface area (Å²) in [5, 5.41) is 3.05. The minimum Gasteiger partial charge on any atom is -0.496 e. The van der Waals surface area contributed by atoms with E-state index in [4.69, 9.17) is 21.1 Å². The monoisotopic (exact) mass is 411 g/mol. The van der Waals surface area contributed by atoms with E-state index in [-0.39, 0.29) is 5.56 Å². The lowest BCUT2D eigenvalue weighted by molar-refractivity contribution is -0.123. The largest absolute Gasteiger partial charge is 0.496 e. The topological polar surface area (TPSA) is 64.6 Å². The van der Waals surface area contributed by atoms with Gasteiger partial charge in [-0.05, 0) is 43.3 Å². The third-order valence-corrected chi connectivity index (χ3v) is 3.85. The van der Waals surface area contributed by atoms with E-state index in [2.05, 4.69) is 21.2 Å². The Kier molecular flexibility index (Phi) is 6.23. The maximum absolute atomic E-state index is 12.2. The third-order valence-electron chi connectivity index (χ3n) is 3.13. The predicted octanol–water partition coefficient (Wildman–Crippen LogP) is 4.30. The number of ether oxygens (including phenoxy) is 2. The van der Waals surface area contributed by atoms with Gasteiger partial charge in [0.2, 0.25) is 0 Å². The van der Waals surface area contributed by atoms with E-state index in [0.29, 0.717) is 16.5 Å². The van der Waals surface area contributed by atoms with E-state index in [1.54, 1.807) is 30.3 Å². The van der Waals surface area contributed by atoms with Crippen LogP contribution in [0.3, 0.4) is 0 Å². The highest BCUT2D eigenvalue weighted by molar-refractivity contribution is 9.10. The molecule has 2 aromatic carbocycles. The van der Waals surface area contributed by atoms with Crippen molar-refractivity contribution in [2.45, 2.75) is 13.0 Å². The van der Waals surface area contributed by atoms with Crippen LogP contribution in [0, 0.1) is 0 Å². The zero-order chi connectivity index (χ0) is 17.7. The lowest BCUT2D eigenvalue weighted by Gasteiger charge is -2.15. The van der Waals surface area contributed by atoms with Gasteiger partial charge in [0.05, 0.1) is 7.11 Å². The number of carbonyl (C=O) groups excluding carboxylic acids is 2. The first-order valence-corrected chi connectivity index (χ1v) is 8.18. The molecule has 1 atom stereocenters. The minimum absolute atomic E-state index is 0.159. The third kappa shape index (κ3) is 4.72. The number of amides is 1. The summed E-state index contributed by atoms with van der Waals surface area (Å²) >= 11 is 9.21. The van der Waals surface area contributed by atoms with E-state index >= 15 is 0 Å². The molecule has 126 valence electrons. The van der Waals surface area contributed by atoms with Crippen molar-refractivity contribution in [2.24, 2.45) is 0 Å². The van der Waals surface area contributed by atoms with Crippen molar-refractivity contribution in [3.8, 4) is 5.75 Å². The highest BCUT2D eigenvalue weighted by atomic mass is 79.9. The van der Waals surface area contributed by atoms with Crippen molar-refractivity contribution < 1.29 is 19.1 Å². The molecule has 0 fully saturated rings. The van der Waals surface area contributed by atoms with Gasteiger partial charge in [-0.2, -0.15) is 0 Å². The number of benzene rings is 2. The van der Waals surface area contributed by atoms with Crippen LogP contribution in [0.5, 0.6) is 5.75 Å². The molecule has 0 aromatic heterocycles. The standard InChI is InChI=1S/C17H15BrClNO4/c1-10(16(21)20-13-5-3-4-11(18)8-13)24-17(22)14-9-12(19)6-7-15(14)23-2/h3-10H,1-2H3,(H,20,21)/t10-/m1/s1. The molecule has 0 bridgehead atoms. The van der Waals surface area contributed by atoms with Crippen LogP contribution in [-0.4, -0.2) is 25.1 Å². The molecular formula is C17H15BrClNO4. The van der Waals surface area contributed by atoms with Gasteiger partial charge in [-0.15, -0.1) is 0 Å². The zero-order valence-corrected chi connectivity index (χ0v) is 15.3. The Labute approximate surface area is 153 Å². The minimum atomic E-state index is -0.986. The molecule has 0 saturated carbocycles. The first-order valence-electron chi connectivity index (χ1n) is 7.01. The van der Waals surface area contributed by atoms with Gasteiger partial charge in [0.1, 0.15) is 11.3 Å². The molecule has 2 rings (SSSR count). The Balaban J connectivity index is 2.06. The SMILES string of the molecule is COc1ccc(Cl)cc1C(=O)O[C@H](C)C(=O)Nc1cccc(Br)c1. The summed E-state index contributed by atoms with van der Waals surface area (Å²) in [6.45, 7) is 1.49. The van der Waals surface area contributed by atoms with Crippen molar-refractivity contribution in [2.75, 3.05) is 12.4 Å². The van der Waals surface area contributed by atoms with Gasteiger partial charge < -0.3 is 14.8 Å². The molecular weight excluding hydrogens is 398 g/mol. The number of methoxy groups -OCH3 is 1. The van der Waals surface area contributed by atoms with Gasteiger partial charge in [0.15, 0.2) is 6.10 Å². The molecule has 7 heteroatoms. The summed E-state index contributed by atoms with van der Waals surface area (Å²) in [5.41, 5.74) is 0.754. The molecule has 0 aliphatic rings. The molecule has 1 N–H and O–H groups in total. The average molecular weight is 413 g/mol. The van der Waals surface area contributed by atoms with Crippen LogP contribution in [0.25, 0.3) is 0 Å². The van der Waals surface area contributed by atoms with Crippen LogP contribution in [0.2, 0.25) is 5.02 Å². The second-order valence-corrected chi connectivity index (χ2v) is 6.24. The maximum Gasteiger partial charge on any atom is 0.342 e. The van der Waals surface area contributed by atoms with Gasteiger partial charge >= 0.3 is 5.97 Å². The summed E-state index contributed by atoms with van der Waals surface area (Å²) < 4.78 is 11.1. The molecule has 1 amide bonds. The molecule has 5 nitrogen and oxygen atoms in total. The van der Waals surface area contributed by atoms with Crippen molar-refractivity contribution in [3.63, 3.8) is 0 Å². The number of carbonyl (C=O) groups is 2. The molecule has 0 aliphatic carbocycles. The number of esters is 1. The molecule has 0 radical (unpaired) electrons. The number of hydrogen-bond donors (Lipinski definition) is 1. The van der Waals surface area contributed by atoms with Crippen LogP contribution < -0.4 is 10.1 Å². The Morgan fingerprint density at radius 2 is 1.96 bits per heavy atom. The van der Waals surface area contributed by atoms with Gasteiger partial charge in [-0.3, -0.25) is 4.79 Å². The summed E-state index contributed by atoms with van der Waals surface area (Å²) in [6.07, 6.45) is -0.986. The Bertz CT molecular complexity index is 766. The van der Waals surface area contributed by atoms with Crippen molar-refractivity contribution in [1.82, 2.24) is 0 Å². The molecule has 0 spiro atoms. The van der Waals surface area contributed by atoms with E-state index in [0.717, 1.165) is 4.47 Å². The quantitative estimate of drug-likeness (QED) is 0.744. The van der Waals surface area contributed by atoms with Gasteiger partial charge in [0, 0.05) is 15.2 Å². The molecule has 0 aliphatic heterocycles. The maximum atomic E-state index is 12.2. The summed E-state index contributed by atoms with van der Waals surface area (Å²) in [6, 6.07) is 11.7. The van der Waals surface area contributed by atoms with E-state index in [9.17, 15) is 9.59 Å². The van der Waals surface area contributed by atoms with Crippen LogP contribution in [0.15, 0.2) is 46.9 Å². The van der Waals surface area contributed by atoms with Crippen LogP contribution in [0.4, 0.5) is 5.69 Å². The van der Waals surface area contributed by atoms with Gasteiger partial charge in [-0.25, -0.2) is 4.79 Å². The van der Waals surface area contributed by atoms with E-state index in [1.807, 2.05) is 6.07 Å². The Morgan fingerprint density at radius 1 is 1.21 bits per heavy atom. The summed E-state index contributed by atoms with van der Waals surface area (Å²) in [7, 11) is 1.43. The predicted molar refractivity (Wildman–Crippen MR) is 95.7 cm³/mol. The van der Waals surface area contributed by atoms with Crippen molar-refractivity contribution >= 4 is 45.1 Å². The van der Waals surface area contributed by atoms with Crippen LogP contribution in [0.1, 0.15) is 17.3 Å². The fourth-order valence-electron chi connectivity index (χ4n) is 1.93. The highest BCUT2D eigenvalue weighted by Gasteiger charge is 2.21. The first kappa shape index (κ1) is 18.3. The molecule has 0 heterocycles. The fraction of sp³-hybridized carbons (Fsp3) is 0.176.